The second-order valence-corrected chi connectivity index (χ2v) is 7.96. The third-order valence-corrected chi connectivity index (χ3v) is 5.88. The molecule has 1 atom stereocenters. The third kappa shape index (κ3) is 4.83. The fraction of sp³-hybridized carbons (Fsp3) is 0.360. The van der Waals surface area contributed by atoms with Crippen LogP contribution < -0.4 is 5.32 Å². The van der Waals surface area contributed by atoms with Crippen molar-refractivity contribution in [2.45, 2.75) is 38.6 Å². The summed E-state index contributed by atoms with van der Waals surface area (Å²) >= 11 is 0. The van der Waals surface area contributed by atoms with Crippen molar-refractivity contribution in [1.29, 1.82) is 0 Å². The summed E-state index contributed by atoms with van der Waals surface area (Å²) in [5.74, 6) is -0.109. The van der Waals surface area contributed by atoms with Crippen LogP contribution in [0.1, 0.15) is 53.3 Å². The summed E-state index contributed by atoms with van der Waals surface area (Å²) in [5, 5.41) is 4.31. The number of hydrogen-bond donors (Lipinski definition) is 1. The number of fused-ring (bicyclic) bond motifs is 1. The standard InChI is InChI=1S/C25H29N3O/c1-19-9-3-5-11-21(19)23(15-18-28-16-7-2-8-17-28)27-25(29)24-14-13-20-10-4-6-12-22(20)26-24/h3-6,9-14,23H,2,7-8,15-18H2,1H3,(H,27,29). The summed E-state index contributed by atoms with van der Waals surface area (Å²) in [6, 6.07) is 20.0. The van der Waals surface area contributed by atoms with Gasteiger partial charge in [0.2, 0.25) is 0 Å². The minimum Gasteiger partial charge on any atom is -0.344 e. The summed E-state index contributed by atoms with van der Waals surface area (Å²) in [6.07, 6.45) is 4.80. The van der Waals surface area contributed by atoms with Crippen molar-refractivity contribution in [3.63, 3.8) is 0 Å². The first kappa shape index (κ1) is 19.6. The Morgan fingerprint density at radius 1 is 1.00 bits per heavy atom. The maximum atomic E-state index is 13.0. The third-order valence-electron chi connectivity index (χ3n) is 5.88. The van der Waals surface area contributed by atoms with E-state index < -0.39 is 0 Å². The van der Waals surface area contributed by atoms with Crippen molar-refractivity contribution >= 4 is 16.8 Å². The Kier molecular flexibility index (Phi) is 6.20. The molecule has 4 heteroatoms. The number of pyridine rings is 1. The maximum Gasteiger partial charge on any atom is 0.270 e. The van der Waals surface area contributed by atoms with Gasteiger partial charge < -0.3 is 10.2 Å². The summed E-state index contributed by atoms with van der Waals surface area (Å²) in [5.41, 5.74) is 3.72. The highest BCUT2D eigenvalue weighted by Gasteiger charge is 2.20. The van der Waals surface area contributed by atoms with Crippen LogP contribution >= 0.6 is 0 Å². The van der Waals surface area contributed by atoms with Gasteiger partial charge in [-0.15, -0.1) is 0 Å². The highest BCUT2D eigenvalue weighted by Crippen LogP contribution is 2.23. The van der Waals surface area contributed by atoms with E-state index >= 15 is 0 Å². The summed E-state index contributed by atoms with van der Waals surface area (Å²) in [6.45, 7) is 5.45. The number of aryl methyl sites for hydroxylation is 1. The maximum absolute atomic E-state index is 13.0. The van der Waals surface area contributed by atoms with Crippen LogP contribution in [0.25, 0.3) is 10.9 Å². The highest BCUT2D eigenvalue weighted by molar-refractivity contribution is 5.95. The number of rotatable bonds is 6. The molecular formula is C25H29N3O. The zero-order chi connectivity index (χ0) is 20.1. The second kappa shape index (κ2) is 9.19. The van der Waals surface area contributed by atoms with Crippen molar-refractivity contribution in [2.75, 3.05) is 19.6 Å². The molecule has 0 aliphatic carbocycles. The Morgan fingerprint density at radius 3 is 2.59 bits per heavy atom. The molecule has 1 N–H and O–H groups in total. The number of para-hydroxylation sites is 1. The molecule has 3 aromatic rings. The lowest BCUT2D eigenvalue weighted by atomic mass is 9.98. The van der Waals surface area contributed by atoms with Crippen molar-refractivity contribution in [3.8, 4) is 0 Å². The Labute approximate surface area is 173 Å². The molecule has 0 saturated carbocycles. The molecule has 1 aliphatic heterocycles. The molecule has 4 nitrogen and oxygen atoms in total. The summed E-state index contributed by atoms with van der Waals surface area (Å²) < 4.78 is 0. The summed E-state index contributed by atoms with van der Waals surface area (Å²) in [4.78, 5) is 20.1. The SMILES string of the molecule is Cc1ccccc1C(CCN1CCCCC1)NC(=O)c1ccc2ccccc2n1. The molecule has 1 fully saturated rings. The topological polar surface area (TPSA) is 45.2 Å². The fourth-order valence-corrected chi connectivity index (χ4v) is 4.20. The van der Waals surface area contributed by atoms with E-state index in [1.54, 1.807) is 0 Å². The normalized spacial score (nSPS) is 15.9. The van der Waals surface area contributed by atoms with Gasteiger partial charge in [-0.1, -0.05) is 55.0 Å². The zero-order valence-electron chi connectivity index (χ0n) is 17.1. The van der Waals surface area contributed by atoms with E-state index in [4.69, 9.17) is 0 Å². The quantitative estimate of drug-likeness (QED) is 0.655. The van der Waals surface area contributed by atoms with Gasteiger partial charge in [0.25, 0.3) is 5.91 Å². The lowest BCUT2D eigenvalue weighted by Crippen LogP contribution is -2.35. The Bertz CT molecular complexity index is 978. The van der Waals surface area contributed by atoms with Crippen molar-refractivity contribution in [1.82, 2.24) is 15.2 Å². The first-order valence-corrected chi connectivity index (χ1v) is 10.7. The van der Waals surface area contributed by atoms with E-state index in [0.717, 1.165) is 23.9 Å². The van der Waals surface area contributed by atoms with E-state index in [1.165, 1.54) is 43.5 Å². The van der Waals surface area contributed by atoms with Crippen LogP contribution in [0.3, 0.4) is 0 Å². The zero-order valence-corrected chi connectivity index (χ0v) is 17.1. The van der Waals surface area contributed by atoms with Crippen LogP contribution in [0, 0.1) is 6.92 Å². The van der Waals surface area contributed by atoms with E-state index in [2.05, 4.69) is 40.3 Å². The van der Waals surface area contributed by atoms with Crippen molar-refractivity contribution < 1.29 is 4.79 Å². The van der Waals surface area contributed by atoms with Crippen LogP contribution in [0.5, 0.6) is 0 Å². The molecule has 29 heavy (non-hydrogen) atoms. The molecule has 2 aromatic carbocycles. The molecular weight excluding hydrogens is 358 g/mol. The number of nitrogens with one attached hydrogen (secondary N) is 1. The van der Waals surface area contributed by atoms with E-state index in [9.17, 15) is 4.79 Å². The highest BCUT2D eigenvalue weighted by atomic mass is 16.1. The smallest absolute Gasteiger partial charge is 0.270 e. The molecule has 1 aliphatic rings. The molecule has 4 rings (SSSR count). The molecule has 0 bridgehead atoms. The number of aromatic nitrogens is 1. The number of carbonyl (C=O) groups excluding carboxylic acids is 1. The second-order valence-electron chi connectivity index (χ2n) is 7.96. The van der Waals surface area contributed by atoms with Crippen LogP contribution in [0.4, 0.5) is 0 Å². The van der Waals surface area contributed by atoms with Crippen LogP contribution in [0.2, 0.25) is 0 Å². The van der Waals surface area contributed by atoms with Gasteiger partial charge in [0, 0.05) is 11.9 Å². The van der Waals surface area contributed by atoms with Crippen molar-refractivity contribution in [2.24, 2.45) is 0 Å². The molecule has 0 radical (unpaired) electrons. The Balaban J connectivity index is 1.53. The van der Waals surface area contributed by atoms with Gasteiger partial charge in [-0.25, -0.2) is 4.98 Å². The lowest BCUT2D eigenvalue weighted by molar-refractivity contribution is 0.0925. The minimum absolute atomic E-state index is 0.0149. The van der Waals surface area contributed by atoms with Gasteiger partial charge in [-0.05, 0) is 62.5 Å². The molecule has 1 amide bonds. The summed E-state index contributed by atoms with van der Waals surface area (Å²) in [7, 11) is 0. The number of nitrogens with zero attached hydrogens (tertiary/aromatic N) is 2. The number of hydrogen-bond acceptors (Lipinski definition) is 3. The number of likely N-dealkylation sites (tertiary alicyclic amines) is 1. The van der Waals surface area contributed by atoms with Crippen molar-refractivity contribution in [3.05, 3.63) is 77.5 Å². The fourth-order valence-electron chi connectivity index (χ4n) is 4.20. The van der Waals surface area contributed by atoms with E-state index in [1.807, 2.05) is 42.5 Å². The molecule has 1 saturated heterocycles. The number of amides is 1. The van der Waals surface area contributed by atoms with Gasteiger partial charge >= 0.3 is 0 Å². The van der Waals surface area contributed by atoms with Gasteiger partial charge in [-0.2, -0.15) is 0 Å². The number of benzene rings is 2. The number of piperidine rings is 1. The average molecular weight is 388 g/mol. The Hall–Kier alpha value is -2.72. The van der Waals surface area contributed by atoms with Gasteiger partial charge in [0.15, 0.2) is 0 Å². The first-order valence-electron chi connectivity index (χ1n) is 10.7. The molecule has 2 heterocycles. The molecule has 1 aromatic heterocycles. The van der Waals surface area contributed by atoms with Crippen LogP contribution in [-0.2, 0) is 0 Å². The van der Waals surface area contributed by atoms with Gasteiger partial charge in [0.1, 0.15) is 5.69 Å². The van der Waals surface area contributed by atoms with E-state index in [0.29, 0.717) is 5.69 Å². The van der Waals surface area contributed by atoms with Gasteiger partial charge in [-0.3, -0.25) is 4.79 Å². The number of carbonyl (C=O) groups is 1. The molecule has 1 unspecified atom stereocenters. The van der Waals surface area contributed by atoms with Crippen LogP contribution in [-0.4, -0.2) is 35.4 Å². The largest absolute Gasteiger partial charge is 0.344 e. The van der Waals surface area contributed by atoms with Gasteiger partial charge in [0.05, 0.1) is 11.6 Å². The van der Waals surface area contributed by atoms with E-state index in [-0.39, 0.29) is 11.9 Å². The minimum atomic E-state index is -0.109. The lowest BCUT2D eigenvalue weighted by Gasteiger charge is -2.29. The average Bonchev–Trinajstić information content (AvgIpc) is 2.77. The monoisotopic (exact) mass is 387 g/mol. The Morgan fingerprint density at radius 2 is 1.76 bits per heavy atom. The van der Waals surface area contributed by atoms with Crippen LogP contribution in [0.15, 0.2) is 60.7 Å². The predicted octanol–water partition coefficient (Wildman–Crippen LogP) is 4.89. The molecule has 0 spiro atoms. The predicted molar refractivity (Wildman–Crippen MR) is 118 cm³/mol. The first-order chi connectivity index (χ1) is 14.2. The molecule has 150 valence electrons.